The Morgan fingerprint density at radius 2 is 2.15 bits per heavy atom. The molecule has 1 aromatic rings. The quantitative estimate of drug-likeness (QED) is 0.749. The van der Waals surface area contributed by atoms with Gasteiger partial charge in [0, 0.05) is 0 Å². The summed E-state index contributed by atoms with van der Waals surface area (Å²) >= 11 is 5.83. The van der Waals surface area contributed by atoms with Gasteiger partial charge < -0.3 is 5.11 Å². The van der Waals surface area contributed by atoms with Crippen molar-refractivity contribution in [1.82, 2.24) is 0 Å². The number of aryl methyl sites for hydroxylation is 1. The van der Waals surface area contributed by atoms with Crippen molar-refractivity contribution >= 4 is 11.6 Å². The number of nitriles is 1. The van der Waals surface area contributed by atoms with Gasteiger partial charge in [-0.15, -0.1) is 0 Å². The van der Waals surface area contributed by atoms with Crippen molar-refractivity contribution < 1.29 is 5.11 Å². The van der Waals surface area contributed by atoms with Gasteiger partial charge in [-0.1, -0.05) is 11.6 Å². The lowest BCUT2D eigenvalue weighted by molar-refractivity contribution is 0.474. The SMILES string of the molecule is Cc1cc(O)c(Cl)c(C)c1CC#N. The van der Waals surface area contributed by atoms with Crippen molar-refractivity contribution in [2.45, 2.75) is 20.3 Å². The maximum absolute atomic E-state index is 9.36. The van der Waals surface area contributed by atoms with Crippen LogP contribution in [0, 0.1) is 25.2 Å². The molecular formula is C10H10ClNO. The van der Waals surface area contributed by atoms with Crippen LogP contribution < -0.4 is 0 Å². The van der Waals surface area contributed by atoms with E-state index in [0.717, 1.165) is 16.7 Å². The first-order valence-corrected chi connectivity index (χ1v) is 4.30. The minimum absolute atomic E-state index is 0.0818. The molecule has 0 amide bonds. The standard InChI is InChI=1S/C10H10ClNO/c1-6-5-9(13)10(11)7(2)8(6)3-4-12/h5,13H,3H2,1-2H3. The highest BCUT2D eigenvalue weighted by atomic mass is 35.5. The first-order valence-electron chi connectivity index (χ1n) is 3.92. The van der Waals surface area contributed by atoms with E-state index >= 15 is 0 Å². The number of halogens is 1. The normalized spacial score (nSPS) is 9.69. The van der Waals surface area contributed by atoms with Gasteiger partial charge in [0.1, 0.15) is 5.75 Å². The van der Waals surface area contributed by atoms with Crippen molar-refractivity contribution in [3.8, 4) is 11.8 Å². The van der Waals surface area contributed by atoms with Crippen molar-refractivity contribution in [2.24, 2.45) is 0 Å². The smallest absolute Gasteiger partial charge is 0.134 e. The molecule has 0 unspecified atom stereocenters. The zero-order chi connectivity index (χ0) is 10.0. The Kier molecular flexibility index (Phi) is 2.79. The van der Waals surface area contributed by atoms with Gasteiger partial charge in [0.25, 0.3) is 0 Å². The van der Waals surface area contributed by atoms with E-state index in [1.165, 1.54) is 0 Å². The Hall–Kier alpha value is -1.20. The van der Waals surface area contributed by atoms with E-state index in [9.17, 15) is 5.11 Å². The van der Waals surface area contributed by atoms with Crippen LogP contribution in [0.4, 0.5) is 0 Å². The zero-order valence-electron chi connectivity index (χ0n) is 7.56. The Balaban J connectivity index is 3.36. The zero-order valence-corrected chi connectivity index (χ0v) is 8.31. The third-order valence-electron chi connectivity index (χ3n) is 2.09. The number of phenolic OH excluding ortho intramolecular Hbond substituents is 1. The van der Waals surface area contributed by atoms with Gasteiger partial charge in [-0.2, -0.15) is 5.26 Å². The van der Waals surface area contributed by atoms with E-state index in [1.807, 2.05) is 13.8 Å². The van der Waals surface area contributed by atoms with Crippen LogP contribution in [0.15, 0.2) is 6.07 Å². The number of rotatable bonds is 1. The molecule has 1 aromatic carbocycles. The van der Waals surface area contributed by atoms with Gasteiger partial charge in [0.15, 0.2) is 0 Å². The molecule has 0 heterocycles. The number of benzene rings is 1. The van der Waals surface area contributed by atoms with Gasteiger partial charge in [-0.05, 0) is 36.6 Å². The average molecular weight is 196 g/mol. The molecule has 3 heteroatoms. The van der Waals surface area contributed by atoms with Crippen LogP contribution in [-0.2, 0) is 6.42 Å². The molecule has 1 rings (SSSR count). The molecular weight excluding hydrogens is 186 g/mol. The van der Waals surface area contributed by atoms with Crippen LogP contribution >= 0.6 is 11.6 Å². The molecule has 0 aliphatic heterocycles. The van der Waals surface area contributed by atoms with Gasteiger partial charge in [0.2, 0.25) is 0 Å². The maximum atomic E-state index is 9.36. The molecule has 1 N–H and O–H groups in total. The van der Waals surface area contributed by atoms with Crippen molar-refractivity contribution in [3.05, 3.63) is 27.8 Å². The first-order chi connectivity index (χ1) is 6.07. The lowest BCUT2D eigenvalue weighted by Crippen LogP contribution is -1.93. The lowest BCUT2D eigenvalue weighted by Gasteiger charge is -2.09. The molecule has 0 atom stereocenters. The third-order valence-corrected chi connectivity index (χ3v) is 2.57. The molecule has 0 aliphatic rings. The fourth-order valence-electron chi connectivity index (χ4n) is 1.33. The van der Waals surface area contributed by atoms with Gasteiger partial charge >= 0.3 is 0 Å². The highest BCUT2D eigenvalue weighted by Crippen LogP contribution is 2.31. The molecule has 0 saturated heterocycles. The van der Waals surface area contributed by atoms with Crippen molar-refractivity contribution in [3.63, 3.8) is 0 Å². The summed E-state index contributed by atoms with van der Waals surface area (Å²) in [4.78, 5) is 0. The number of hydrogen-bond acceptors (Lipinski definition) is 2. The van der Waals surface area contributed by atoms with Gasteiger partial charge in [-0.3, -0.25) is 0 Å². The Bertz CT molecular complexity index is 379. The van der Waals surface area contributed by atoms with E-state index in [1.54, 1.807) is 6.07 Å². The third kappa shape index (κ3) is 1.76. The highest BCUT2D eigenvalue weighted by Gasteiger charge is 2.10. The van der Waals surface area contributed by atoms with Crippen LogP contribution in [0.1, 0.15) is 16.7 Å². The molecule has 0 bridgehead atoms. The second-order valence-corrected chi connectivity index (χ2v) is 3.34. The summed E-state index contributed by atoms with van der Waals surface area (Å²) in [5.74, 6) is 0.0818. The average Bonchev–Trinajstić information content (AvgIpc) is 2.09. The van der Waals surface area contributed by atoms with Crippen LogP contribution in [0.25, 0.3) is 0 Å². The van der Waals surface area contributed by atoms with Crippen LogP contribution in [0.3, 0.4) is 0 Å². The lowest BCUT2D eigenvalue weighted by atomic mass is 10.00. The predicted octanol–water partition coefficient (Wildman–Crippen LogP) is 2.73. The summed E-state index contributed by atoms with van der Waals surface area (Å²) in [6.07, 6.45) is 0.331. The van der Waals surface area contributed by atoms with Gasteiger partial charge in [0.05, 0.1) is 17.5 Å². The fourth-order valence-corrected chi connectivity index (χ4v) is 1.50. The largest absolute Gasteiger partial charge is 0.506 e. The second-order valence-electron chi connectivity index (χ2n) is 2.97. The Morgan fingerprint density at radius 3 is 2.69 bits per heavy atom. The van der Waals surface area contributed by atoms with Crippen LogP contribution in [0.2, 0.25) is 5.02 Å². The van der Waals surface area contributed by atoms with E-state index in [-0.39, 0.29) is 5.75 Å². The summed E-state index contributed by atoms with van der Waals surface area (Å²) in [7, 11) is 0. The topological polar surface area (TPSA) is 44.0 Å². The molecule has 2 nitrogen and oxygen atoms in total. The summed E-state index contributed by atoms with van der Waals surface area (Å²) in [5, 5.41) is 18.3. The second kappa shape index (κ2) is 3.68. The molecule has 0 radical (unpaired) electrons. The molecule has 0 fully saturated rings. The summed E-state index contributed by atoms with van der Waals surface area (Å²) in [6, 6.07) is 3.66. The van der Waals surface area contributed by atoms with E-state index < -0.39 is 0 Å². The summed E-state index contributed by atoms with van der Waals surface area (Å²) in [6.45, 7) is 3.66. The van der Waals surface area contributed by atoms with Crippen LogP contribution in [0.5, 0.6) is 5.75 Å². The minimum atomic E-state index is 0.0818. The summed E-state index contributed by atoms with van der Waals surface area (Å²) < 4.78 is 0. The van der Waals surface area contributed by atoms with Crippen LogP contribution in [-0.4, -0.2) is 5.11 Å². The molecule has 13 heavy (non-hydrogen) atoms. The van der Waals surface area contributed by atoms with E-state index in [4.69, 9.17) is 16.9 Å². The van der Waals surface area contributed by atoms with E-state index in [0.29, 0.717) is 11.4 Å². The molecule has 68 valence electrons. The molecule has 0 aromatic heterocycles. The number of nitrogens with zero attached hydrogens (tertiary/aromatic N) is 1. The van der Waals surface area contributed by atoms with E-state index in [2.05, 4.69) is 6.07 Å². The minimum Gasteiger partial charge on any atom is -0.506 e. The number of hydrogen-bond donors (Lipinski definition) is 1. The Labute approximate surface area is 82.4 Å². The predicted molar refractivity (Wildman–Crippen MR) is 51.9 cm³/mol. The first kappa shape index (κ1) is 9.88. The van der Waals surface area contributed by atoms with Crippen molar-refractivity contribution in [1.29, 1.82) is 5.26 Å². The monoisotopic (exact) mass is 195 g/mol. The number of aromatic hydroxyl groups is 1. The van der Waals surface area contributed by atoms with Crippen molar-refractivity contribution in [2.75, 3.05) is 0 Å². The Morgan fingerprint density at radius 1 is 1.54 bits per heavy atom. The molecule has 0 spiro atoms. The fraction of sp³-hybridized carbons (Fsp3) is 0.300. The highest BCUT2D eigenvalue weighted by molar-refractivity contribution is 6.32. The van der Waals surface area contributed by atoms with Gasteiger partial charge in [-0.25, -0.2) is 0 Å². The maximum Gasteiger partial charge on any atom is 0.134 e. The summed E-state index contributed by atoms with van der Waals surface area (Å²) in [5.41, 5.74) is 2.60. The number of phenols is 1. The molecule has 0 aliphatic carbocycles. The molecule has 0 saturated carbocycles.